The standard InChI is InChI=1S/C49H30N4/c1-2-10-34(11-3-1)49-51-44(32-21-19-31(20-22-32)35-12-9-27-50-30-35)29-45(52-49)33-23-25-36(26-24-33)53-46-18-7-6-15-39(46)43-28-42-38-14-5-4-13-37(38)40-16-8-17-41(47(40)42)48(43)53/h1-30H. The largest absolute Gasteiger partial charge is 0.309 e. The maximum Gasteiger partial charge on any atom is 0.160 e. The van der Waals surface area contributed by atoms with Crippen molar-refractivity contribution in [2.24, 2.45) is 0 Å². The van der Waals surface area contributed by atoms with E-state index in [1.807, 2.05) is 30.5 Å². The molecule has 3 heterocycles. The number of pyridine rings is 1. The smallest absolute Gasteiger partial charge is 0.160 e. The van der Waals surface area contributed by atoms with Crippen molar-refractivity contribution in [2.45, 2.75) is 0 Å². The Morgan fingerprint density at radius 2 is 1.02 bits per heavy atom. The molecule has 0 fully saturated rings. The summed E-state index contributed by atoms with van der Waals surface area (Å²) in [6.07, 6.45) is 3.69. The van der Waals surface area contributed by atoms with Crippen LogP contribution in [0.25, 0.3) is 106 Å². The fraction of sp³-hybridized carbons (Fsp3) is 0. The predicted molar refractivity (Wildman–Crippen MR) is 218 cm³/mol. The van der Waals surface area contributed by atoms with Crippen LogP contribution >= 0.6 is 0 Å². The highest BCUT2D eigenvalue weighted by molar-refractivity contribution is 6.27. The van der Waals surface area contributed by atoms with Crippen molar-refractivity contribution in [3.8, 4) is 73.0 Å². The highest BCUT2D eigenvalue weighted by atomic mass is 15.0. The van der Waals surface area contributed by atoms with Gasteiger partial charge in [0.05, 0.1) is 22.4 Å². The van der Waals surface area contributed by atoms with Gasteiger partial charge in [0.25, 0.3) is 0 Å². The van der Waals surface area contributed by atoms with Gasteiger partial charge in [-0.05, 0) is 75.2 Å². The minimum atomic E-state index is 0.700. The number of nitrogens with zero attached hydrogens (tertiary/aromatic N) is 4. The van der Waals surface area contributed by atoms with Gasteiger partial charge in [0.2, 0.25) is 0 Å². The number of para-hydroxylation sites is 1. The first-order valence-corrected chi connectivity index (χ1v) is 17.9. The first-order valence-electron chi connectivity index (χ1n) is 17.9. The van der Waals surface area contributed by atoms with Gasteiger partial charge in [-0.2, -0.15) is 0 Å². The Hall–Kier alpha value is -7.17. The average molecular weight is 675 g/mol. The Kier molecular flexibility index (Phi) is 6.52. The molecule has 0 saturated carbocycles. The monoisotopic (exact) mass is 674 g/mol. The number of fused-ring (bicyclic) bond motifs is 7. The third-order valence-electron chi connectivity index (χ3n) is 10.7. The van der Waals surface area contributed by atoms with Gasteiger partial charge < -0.3 is 4.57 Å². The van der Waals surface area contributed by atoms with Gasteiger partial charge in [-0.3, -0.25) is 4.98 Å². The maximum absolute atomic E-state index is 5.12. The van der Waals surface area contributed by atoms with Crippen molar-refractivity contribution in [2.75, 3.05) is 0 Å². The zero-order valence-corrected chi connectivity index (χ0v) is 28.6. The van der Waals surface area contributed by atoms with E-state index in [1.165, 1.54) is 54.8 Å². The average Bonchev–Trinajstić information content (AvgIpc) is 3.75. The Balaban J connectivity index is 1.06. The lowest BCUT2D eigenvalue weighted by molar-refractivity contribution is 1.17. The Morgan fingerprint density at radius 1 is 0.396 bits per heavy atom. The Morgan fingerprint density at radius 3 is 1.77 bits per heavy atom. The van der Waals surface area contributed by atoms with Gasteiger partial charge in [-0.1, -0.05) is 133 Å². The second kappa shape index (κ2) is 11.7. The molecule has 0 spiro atoms. The van der Waals surface area contributed by atoms with Crippen LogP contribution < -0.4 is 0 Å². The van der Waals surface area contributed by atoms with Crippen LogP contribution in [0.5, 0.6) is 0 Å². The summed E-state index contributed by atoms with van der Waals surface area (Å²) in [5.74, 6) is 0.700. The highest BCUT2D eigenvalue weighted by Gasteiger charge is 2.25. The number of aromatic nitrogens is 4. The van der Waals surface area contributed by atoms with Gasteiger partial charge >= 0.3 is 0 Å². The van der Waals surface area contributed by atoms with Crippen molar-refractivity contribution < 1.29 is 0 Å². The SMILES string of the molecule is c1ccc(-c2nc(-c3ccc(-c4cccnc4)cc3)cc(-c3ccc(-n4c5ccccc5c5cc6c7c(cccc7c54)-c4ccccc4-6)cc3)n2)cc1. The number of benzene rings is 7. The van der Waals surface area contributed by atoms with E-state index >= 15 is 0 Å². The van der Waals surface area contributed by atoms with Crippen LogP contribution in [-0.4, -0.2) is 19.5 Å². The molecule has 3 aromatic heterocycles. The molecular weight excluding hydrogens is 645 g/mol. The maximum atomic E-state index is 5.12. The molecule has 0 aliphatic heterocycles. The van der Waals surface area contributed by atoms with Gasteiger partial charge in [-0.25, -0.2) is 9.97 Å². The normalized spacial score (nSPS) is 11.8. The molecule has 11 rings (SSSR count). The van der Waals surface area contributed by atoms with Gasteiger partial charge in [-0.15, -0.1) is 0 Å². The van der Waals surface area contributed by atoms with Gasteiger partial charge in [0.15, 0.2) is 5.82 Å². The van der Waals surface area contributed by atoms with E-state index in [-0.39, 0.29) is 0 Å². The molecule has 0 amide bonds. The van der Waals surface area contributed by atoms with Crippen LogP contribution in [-0.2, 0) is 0 Å². The molecule has 246 valence electrons. The van der Waals surface area contributed by atoms with E-state index < -0.39 is 0 Å². The van der Waals surface area contributed by atoms with Crippen molar-refractivity contribution in [3.05, 3.63) is 182 Å². The van der Waals surface area contributed by atoms with Crippen molar-refractivity contribution in [3.63, 3.8) is 0 Å². The molecule has 10 aromatic rings. The van der Waals surface area contributed by atoms with Crippen LogP contribution in [0.4, 0.5) is 0 Å². The van der Waals surface area contributed by atoms with E-state index in [9.17, 15) is 0 Å². The van der Waals surface area contributed by atoms with E-state index in [2.05, 4.69) is 155 Å². The van der Waals surface area contributed by atoms with E-state index in [0.717, 1.165) is 44.9 Å². The summed E-state index contributed by atoms with van der Waals surface area (Å²) in [4.78, 5) is 14.5. The van der Waals surface area contributed by atoms with E-state index in [1.54, 1.807) is 6.20 Å². The zero-order chi connectivity index (χ0) is 34.9. The molecule has 4 nitrogen and oxygen atoms in total. The summed E-state index contributed by atoms with van der Waals surface area (Å²) < 4.78 is 2.44. The van der Waals surface area contributed by atoms with Crippen LogP contribution in [0.1, 0.15) is 0 Å². The number of hydrogen-bond donors (Lipinski definition) is 0. The molecule has 4 heteroatoms. The predicted octanol–water partition coefficient (Wildman–Crippen LogP) is 12.4. The second-order valence-corrected chi connectivity index (χ2v) is 13.6. The summed E-state index contributed by atoms with van der Waals surface area (Å²) in [5.41, 5.74) is 15.8. The fourth-order valence-electron chi connectivity index (χ4n) is 8.20. The topological polar surface area (TPSA) is 43.6 Å². The van der Waals surface area contributed by atoms with Crippen LogP contribution in [0.15, 0.2) is 182 Å². The lowest BCUT2D eigenvalue weighted by atomic mass is 9.99. The van der Waals surface area contributed by atoms with Crippen molar-refractivity contribution in [1.82, 2.24) is 19.5 Å². The minimum Gasteiger partial charge on any atom is -0.309 e. The molecule has 0 saturated heterocycles. The van der Waals surface area contributed by atoms with E-state index in [4.69, 9.17) is 9.97 Å². The van der Waals surface area contributed by atoms with E-state index in [0.29, 0.717) is 5.82 Å². The van der Waals surface area contributed by atoms with Crippen LogP contribution in [0.2, 0.25) is 0 Å². The quantitative estimate of drug-likeness (QED) is 0.182. The first-order chi connectivity index (χ1) is 26.3. The highest BCUT2D eigenvalue weighted by Crippen LogP contribution is 2.51. The molecule has 0 N–H and O–H groups in total. The molecule has 0 atom stereocenters. The van der Waals surface area contributed by atoms with Crippen LogP contribution in [0.3, 0.4) is 0 Å². The summed E-state index contributed by atoms with van der Waals surface area (Å²) in [6, 6.07) is 60.5. The molecule has 1 aliphatic rings. The zero-order valence-electron chi connectivity index (χ0n) is 28.6. The fourth-order valence-corrected chi connectivity index (χ4v) is 8.20. The first kappa shape index (κ1) is 29.5. The number of hydrogen-bond acceptors (Lipinski definition) is 3. The molecule has 0 radical (unpaired) electrons. The minimum absolute atomic E-state index is 0.700. The summed E-state index contributed by atoms with van der Waals surface area (Å²) in [7, 11) is 0. The molecule has 0 unspecified atom stereocenters. The lowest BCUT2D eigenvalue weighted by Gasteiger charge is -2.13. The van der Waals surface area contributed by atoms with Gasteiger partial charge in [0.1, 0.15) is 0 Å². The third kappa shape index (κ3) is 4.66. The Bertz CT molecular complexity index is 3020. The second-order valence-electron chi connectivity index (χ2n) is 13.6. The molecular formula is C49H30N4. The lowest BCUT2D eigenvalue weighted by Crippen LogP contribution is -1.97. The Labute approximate surface area is 306 Å². The van der Waals surface area contributed by atoms with Gasteiger partial charge in [0, 0.05) is 50.9 Å². The molecule has 53 heavy (non-hydrogen) atoms. The summed E-state index contributed by atoms with van der Waals surface area (Å²) >= 11 is 0. The molecule has 7 aromatic carbocycles. The molecule has 1 aliphatic carbocycles. The summed E-state index contributed by atoms with van der Waals surface area (Å²) in [5, 5.41) is 5.12. The van der Waals surface area contributed by atoms with Crippen molar-refractivity contribution in [1.29, 1.82) is 0 Å². The molecule has 0 bridgehead atoms. The summed E-state index contributed by atoms with van der Waals surface area (Å²) in [6.45, 7) is 0. The van der Waals surface area contributed by atoms with Crippen molar-refractivity contribution >= 4 is 32.6 Å². The van der Waals surface area contributed by atoms with Crippen LogP contribution in [0, 0.1) is 0 Å². The third-order valence-corrected chi connectivity index (χ3v) is 10.7. The number of rotatable bonds is 5.